The molecule has 1 heterocycles. The molecule has 3 rings (SSSR count). The third kappa shape index (κ3) is 3.51. The van der Waals surface area contributed by atoms with Crippen LogP contribution in [0.5, 0.6) is 5.75 Å². The molecule has 4 nitrogen and oxygen atoms in total. The van der Waals surface area contributed by atoms with Crippen LogP contribution in [-0.4, -0.2) is 23.6 Å². The van der Waals surface area contributed by atoms with Crippen LogP contribution >= 0.6 is 12.6 Å². The third-order valence-corrected chi connectivity index (χ3v) is 3.88. The second kappa shape index (κ2) is 6.79. The molecule has 2 aromatic carbocycles. The number of carbonyl (C=O) groups excluding carboxylic acids is 1. The fraction of sp³-hybridized carbons (Fsp3) is 0.167. The normalized spacial score (nSPS) is 13.5. The molecule has 0 aliphatic carbocycles. The molecule has 2 aromatic rings. The quantitative estimate of drug-likeness (QED) is 0.877. The van der Waals surface area contributed by atoms with Crippen LogP contribution in [0.3, 0.4) is 0 Å². The Balaban J connectivity index is 2.01. The van der Waals surface area contributed by atoms with Crippen molar-refractivity contribution in [2.75, 3.05) is 7.11 Å². The SMILES string of the molecule is COc1ccc(C2=NN=C(CC(=O)S)c3ccccc3C2)cc1. The van der Waals surface area contributed by atoms with Gasteiger partial charge in [0.1, 0.15) is 5.75 Å². The number of hydrogen-bond donors (Lipinski definition) is 1. The second-order valence-corrected chi connectivity index (χ2v) is 5.73. The van der Waals surface area contributed by atoms with Gasteiger partial charge in [0.2, 0.25) is 0 Å². The van der Waals surface area contributed by atoms with E-state index in [1.165, 1.54) is 0 Å². The van der Waals surface area contributed by atoms with E-state index < -0.39 is 0 Å². The van der Waals surface area contributed by atoms with Gasteiger partial charge in [0.15, 0.2) is 5.12 Å². The molecule has 0 saturated heterocycles. The van der Waals surface area contributed by atoms with Crippen molar-refractivity contribution < 1.29 is 9.53 Å². The van der Waals surface area contributed by atoms with E-state index in [2.05, 4.69) is 22.8 Å². The first-order valence-corrected chi connectivity index (χ1v) is 7.70. The maximum atomic E-state index is 11.4. The van der Waals surface area contributed by atoms with Gasteiger partial charge in [-0.2, -0.15) is 10.2 Å². The van der Waals surface area contributed by atoms with Crippen molar-refractivity contribution in [1.82, 2.24) is 0 Å². The van der Waals surface area contributed by atoms with Gasteiger partial charge in [-0.1, -0.05) is 24.3 Å². The Morgan fingerprint density at radius 2 is 1.87 bits per heavy atom. The number of benzene rings is 2. The van der Waals surface area contributed by atoms with Gasteiger partial charge < -0.3 is 4.74 Å². The first-order valence-electron chi connectivity index (χ1n) is 7.25. The number of hydrogen-bond acceptors (Lipinski definition) is 4. The van der Waals surface area contributed by atoms with Crippen molar-refractivity contribution in [2.24, 2.45) is 10.2 Å². The first-order chi connectivity index (χ1) is 11.2. The lowest BCUT2D eigenvalue weighted by Crippen LogP contribution is -2.09. The van der Waals surface area contributed by atoms with Crippen LogP contribution in [0.2, 0.25) is 0 Å². The van der Waals surface area contributed by atoms with Gasteiger partial charge in [0.25, 0.3) is 0 Å². The maximum Gasteiger partial charge on any atom is 0.191 e. The number of carbonyl (C=O) groups is 1. The zero-order valence-corrected chi connectivity index (χ0v) is 13.6. The number of nitrogens with zero attached hydrogens (tertiary/aromatic N) is 2. The Kier molecular flexibility index (Phi) is 4.57. The van der Waals surface area contributed by atoms with Gasteiger partial charge in [-0.25, -0.2) is 0 Å². The molecule has 1 aliphatic heterocycles. The molecule has 0 saturated carbocycles. The van der Waals surface area contributed by atoms with E-state index in [4.69, 9.17) is 4.74 Å². The van der Waals surface area contributed by atoms with Gasteiger partial charge in [-0.15, -0.1) is 12.6 Å². The average Bonchev–Trinajstić information content (AvgIpc) is 2.75. The van der Waals surface area contributed by atoms with Crippen LogP contribution in [0, 0.1) is 0 Å². The summed E-state index contributed by atoms with van der Waals surface area (Å²) in [6, 6.07) is 15.7. The number of methoxy groups -OCH3 is 1. The molecule has 0 bridgehead atoms. The minimum absolute atomic E-state index is 0.166. The largest absolute Gasteiger partial charge is 0.497 e. The summed E-state index contributed by atoms with van der Waals surface area (Å²) in [4.78, 5) is 11.4. The van der Waals surface area contributed by atoms with Crippen LogP contribution in [0.15, 0.2) is 58.7 Å². The molecule has 0 atom stereocenters. The van der Waals surface area contributed by atoms with Crippen LogP contribution in [0.25, 0.3) is 0 Å². The van der Waals surface area contributed by atoms with Crippen LogP contribution in [-0.2, 0) is 11.2 Å². The van der Waals surface area contributed by atoms with Crippen LogP contribution in [0.1, 0.15) is 23.1 Å². The highest BCUT2D eigenvalue weighted by Crippen LogP contribution is 2.21. The fourth-order valence-electron chi connectivity index (χ4n) is 2.56. The summed E-state index contributed by atoms with van der Waals surface area (Å²) in [5.74, 6) is 0.799. The zero-order valence-electron chi connectivity index (χ0n) is 12.7. The topological polar surface area (TPSA) is 51.0 Å². The van der Waals surface area contributed by atoms with E-state index in [0.717, 1.165) is 28.2 Å². The smallest absolute Gasteiger partial charge is 0.191 e. The summed E-state index contributed by atoms with van der Waals surface area (Å²) in [7, 11) is 1.64. The fourth-order valence-corrected chi connectivity index (χ4v) is 2.71. The molecule has 0 aromatic heterocycles. The maximum absolute atomic E-state index is 11.4. The van der Waals surface area contributed by atoms with Crippen molar-refractivity contribution in [2.45, 2.75) is 12.8 Å². The highest BCUT2D eigenvalue weighted by atomic mass is 32.1. The van der Waals surface area contributed by atoms with Gasteiger partial charge in [0, 0.05) is 12.0 Å². The highest BCUT2D eigenvalue weighted by Gasteiger charge is 2.17. The van der Waals surface area contributed by atoms with E-state index in [0.29, 0.717) is 12.1 Å². The van der Waals surface area contributed by atoms with Crippen LogP contribution < -0.4 is 4.74 Å². The van der Waals surface area contributed by atoms with E-state index in [1.54, 1.807) is 7.11 Å². The summed E-state index contributed by atoms with van der Waals surface area (Å²) in [6.45, 7) is 0. The van der Waals surface area contributed by atoms with Crippen molar-refractivity contribution in [3.8, 4) is 5.75 Å². The Hall–Kier alpha value is -2.40. The van der Waals surface area contributed by atoms with Crippen molar-refractivity contribution in [1.29, 1.82) is 0 Å². The summed E-state index contributed by atoms with van der Waals surface area (Å²) in [5, 5.41) is 8.46. The van der Waals surface area contributed by atoms with E-state index >= 15 is 0 Å². The van der Waals surface area contributed by atoms with Crippen molar-refractivity contribution in [3.05, 3.63) is 65.2 Å². The monoisotopic (exact) mass is 324 g/mol. The summed E-state index contributed by atoms with van der Waals surface area (Å²) < 4.78 is 5.18. The Bertz CT molecular complexity index is 795. The van der Waals surface area contributed by atoms with Crippen LogP contribution in [0.4, 0.5) is 0 Å². The van der Waals surface area contributed by atoms with Gasteiger partial charge in [-0.3, -0.25) is 4.79 Å². The lowest BCUT2D eigenvalue weighted by molar-refractivity contribution is -0.109. The molecular weight excluding hydrogens is 308 g/mol. The molecule has 0 unspecified atom stereocenters. The molecule has 1 aliphatic rings. The van der Waals surface area contributed by atoms with Gasteiger partial charge in [0.05, 0.1) is 25.0 Å². The number of thiol groups is 1. The van der Waals surface area contributed by atoms with Crippen molar-refractivity contribution in [3.63, 3.8) is 0 Å². The second-order valence-electron chi connectivity index (χ2n) is 5.23. The number of rotatable bonds is 4. The molecular formula is C18H16N2O2S. The lowest BCUT2D eigenvalue weighted by atomic mass is 9.95. The summed E-state index contributed by atoms with van der Waals surface area (Å²) >= 11 is 3.87. The Morgan fingerprint density at radius 1 is 1.13 bits per heavy atom. The molecule has 0 fully saturated rings. The molecule has 0 N–H and O–H groups in total. The zero-order chi connectivity index (χ0) is 16.2. The van der Waals surface area contributed by atoms with E-state index in [9.17, 15) is 4.79 Å². The average molecular weight is 324 g/mol. The van der Waals surface area contributed by atoms with Crippen molar-refractivity contribution >= 4 is 29.2 Å². The molecule has 5 heteroatoms. The molecule has 23 heavy (non-hydrogen) atoms. The Morgan fingerprint density at radius 3 is 2.57 bits per heavy atom. The molecule has 0 radical (unpaired) electrons. The highest BCUT2D eigenvalue weighted by molar-refractivity contribution is 7.96. The minimum atomic E-state index is -0.221. The number of ether oxygens (including phenoxy) is 1. The van der Waals surface area contributed by atoms with E-state index in [1.807, 2.05) is 48.5 Å². The van der Waals surface area contributed by atoms with Gasteiger partial charge in [-0.05, 0) is 35.4 Å². The third-order valence-electron chi connectivity index (χ3n) is 3.72. The minimum Gasteiger partial charge on any atom is -0.497 e. The first kappa shape index (κ1) is 15.5. The number of fused-ring (bicyclic) bond motifs is 1. The summed E-state index contributed by atoms with van der Waals surface area (Å²) in [5.41, 5.74) is 4.57. The lowest BCUT2D eigenvalue weighted by Gasteiger charge is -2.08. The standard InChI is InChI=1S/C18H16N2O2S/c1-22-14-8-6-12(7-9-14)16-10-13-4-2-3-5-15(13)17(20-19-16)11-18(21)23/h2-9H,10-11H2,1H3,(H,21,23). The predicted molar refractivity (Wildman–Crippen MR) is 94.8 cm³/mol. The van der Waals surface area contributed by atoms with E-state index in [-0.39, 0.29) is 11.5 Å². The molecule has 0 spiro atoms. The molecule has 0 amide bonds. The molecule has 116 valence electrons. The van der Waals surface area contributed by atoms with Gasteiger partial charge >= 0.3 is 0 Å². The summed E-state index contributed by atoms with van der Waals surface area (Å²) in [6.07, 6.45) is 0.829. The predicted octanol–water partition coefficient (Wildman–Crippen LogP) is 3.29. The Labute approximate surface area is 140 Å².